The number of ether oxygens (including phenoxy) is 2. The van der Waals surface area contributed by atoms with E-state index in [0.29, 0.717) is 11.4 Å². The lowest BCUT2D eigenvalue weighted by Crippen LogP contribution is -2.24. The first-order chi connectivity index (χ1) is 14.3. The summed E-state index contributed by atoms with van der Waals surface area (Å²) in [5, 5.41) is 21.3. The number of phenolic OH excluding ortho intramolecular Hbond substituents is 1. The van der Waals surface area contributed by atoms with Crippen LogP contribution in [0.4, 0.5) is 11.4 Å². The van der Waals surface area contributed by atoms with E-state index in [1.165, 1.54) is 49.5 Å². The predicted molar refractivity (Wildman–Crippen MR) is 108 cm³/mol. The minimum Gasteiger partial charge on any atom is -0.504 e. The van der Waals surface area contributed by atoms with Crippen LogP contribution in [-0.4, -0.2) is 36.1 Å². The van der Waals surface area contributed by atoms with E-state index in [0.717, 1.165) is 0 Å². The van der Waals surface area contributed by atoms with Gasteiger partial charge in [0, 0.05) is 29.1 Å². The zero-order valence-corrected chi connectivity index (χ0v) is 16.4. The molecule has 1 amide bonds. The summed E-state index contributed by atoms with van der Waals surface area (Å²) in [6.07, 6.45) is 1.38. The van der Waals surface area contributed by atoms with Gasteiger partial charge in [-0.25, -0.2) is 4.79 Å². The number of nitro benzene ring substituents is 1. The fraction of sp³-hybridized carbons (Fsp3) is 0.143. The van der Waals surface area contributed by atoms with E-state index < -0.39 is 16.8 Å². The molecule has 0 radical (unpaired) electrons. The minimum absolute atomic E-state index is 0.0151. The second-order valence-corrected chi connectivity index (χ2v) is 6.32. The average Bonchev–Trinajstić information content (AvgIpc) is 2.98. The van der Waals surface area contributed by atoms with Gasteiger partial charge in [-0.15, -0.1) is 0 Å². The van der Waals surface area contributed by atoms with Crippen LogP contribution >= 0.6 is 0 Å². The topological polar surface area (TPSA) is 119 Å². The van der Waals surface area contributed by atoms with Crippen molar-refractivity contribution in [2.75, 3.05) is 19.1 Å². The molecular weight excluding hydrogens is 392 g/mol. The van der Waals surface area contributed by atoms with Gasteiger partial charge in [0.2, 0.25) is 0 Å². The van der Waals surface area contributed by atoms with Gasteiger partial charge in [-0.1, -0.05) is 12.1 Å². The van der Waals surface area contributed by atoms with Crippen LogP contribution in [0, 0.1) is 10.1 Å². The fourth-order valence-corrected chi connectivity index (χ4v) is 3.19. The Morgan fingerprint density at radius 1 is 1.17 bits per heavy atom. The van der Waals surface area contributed by atoms with Crippen LogP contribution in [0.1, 0.15) is 12.5 Å². The van der Waals surface area contributed by atoms with Gasteiger partial charge in [-0.2, -0.15) is 0 Å². The third kappa shape index (κ3) is 3.48. The van der Waals surface area contributed by atoms with Crippen molar-refractivity contribution in [3.63, 3.8) is 0 Å². The number of carbonyl (C=O) groups is 2. The number of esters is 1. The van der Waals surface area contributed by atoms with Gasteiger partial charge in [-0.05, 0) is 31.2 Å². The first-order valence-corrected chi connectivity index (χ1v) is 8.76. The third-order valence-electron chi connectivity index (χ3n) is 4.66. The molecule has 0 unspecified atom stereocenters. The number of nitro groups is 1. The maximum atomic E-state index is 13.2. The fourth-order valence-electron chi connectivity index (χ4n) is 3.19. The van der Waals surface area contributed by atoms with Crippen molar-refractivity contribution >= 4 is 29.3 Å². The molecule has 0 aliphatic carbocycles. The van der Waals surface area contributed by atoms with Crippen molar-refractivity contribution in [2.45, 2.75) is 6.92 Å². The lowest BCUT2D eigenvalue weighted by molar-refractivity contribution is -0.384. The molecule has 0 aromatic heterocycles. The zero-order valence-electron chi connectivity index (χ0n) is 16.4. The molecule has 0 saturated carbocycles. The van der Waals surface area contributed by atoms with Crippen molar-refractivity contribution in [1.82, 2.24) is 0 Å². The van der Waals surface area contributed by atoms with E-state index in [2.05, 4.69) is 0 Å². The molecule has 1 aliphatic heterocycles. The van der Waals surface area contributed by atoms with E-state index in [1.807, 2.05) is 0 Å². The molecule has 30 heavy (non-hydrogen) atoms. The molecule has 2 aromatic carbocycles. The van der Waals surface area contributed by atoms with E-state index in [4.69, 9.17) is 9.47 Å². The minimum atomic E-state index is -0.723. The molecule has 9 nitrogen and oxygen atoms in total. The second-order valence-electron chi connectivity index (χ2n) is 6.32. The monoisotopic (exact) mass is 410 g/mol. The van der Waals surface area contributed by atoms with Crippen LogP contribution in [0.25, 0.3) is 6.08 Å². The number of hydrogen-bond acceptors (Lipinski definition) is 7. The number of methoxy groups -OCH3 is 2. The molecular formula is C21H18N2O7. The molecule has 0 spiro atoms. The van der Waals surface area contributed by atoms with Gasteiger partial charge in [0.05, 0.1) is 30.3 Å². The smallest absolute Gasteiger partial charge is 0.340 e. The molecule has 9 heteroatoms. The molecule has 1 heterocycles. The second kappa shape index (κ2) is 8.08. The molecule has 0 saturated heterocycles. The van der Waals surface area contributed by atoms with Crippen molar-refractivity contribution in [3.05, 3.63) is 75.0 Å². The summed E-state index contributed by atoms with van der Waals surface area (Å²) in [4.78, 5) is 37.2. The predicted octanol–water partition coefficient (Wildman–Crippen LogP) is 3.19. The highest BCUT2D eigenvalue weighted by Crippen LogP contribution is 2.38. The van der Waals surface area contributed by atoms with E-state index in [1.54, 1.807) is 25.1 Å². The Morgan fingerprint density at radius 2 is 1.83 bits per heavy atom. The van der Waals surface area contributed by atoms with Gasteiger partial charge in [-0.3, -0.25) is 19.8 Å². The van der Waals surface area contributed by atoms with Crippen molar-refractivity contribution in [1.29, 1.82) is 0 Å². The summed E-state index contributed by atoms with van der Waals surface area (Å²) in [6.45, 7) is 1.57. The summed E-state index contributed by atoms with van der Waals surface area (Å²) in [7, 11) is 2.59. The van der Waals surface area contributed by atoms with Gasteiger partial charge in [0.15, 0.2) is 11.5 Å². The highest BCUT2D eigenvalue weighted by Gasteiger charge is 2.38. The lowest BCUT2D eigenvalue weighted by Gasteiger charge is -2.17. The van der Waals surface area contributed by atoms with Crippen LogP contribution in [0.2, 0.25) is 0 Å². The van der Waals surface area contributed by atoms with Crippen molar-refractivity contribution in [2.24, 2.45) is 0 Å². The zero-order chi connectivity index (χ0) is 22.0. The maximum Gasteiger partial charge on any atom is 0.340 e. The highest BCUT2D eigenvalue weighted by molar-refractivity contribution is 6.24. The number of nitrogens with zero attached hydrogens (tertiary/aromatic N) is 2. The van der Waals surface area contributed by atoms with E-state index in [9.17, 15) is 24.8 Å². The number of aromatic hydroxyl groups is 1. The van der Waals surface area contributed by atoms with Gasteiger partial charge in [0.25, 0.3) is 11.6 Å². The molecule has 0 atom stereocenters. The average molecular weight is 410 g/mol. The Kier molecular flexibility index (Phi) is 5.54. The molecule has 0 fully saturated rings. The summed E-state index contributed by atoms with van der Waals surface area (Å²) >= 11 is 0. The summed E-state index contributed by atoms with van der Waals surface area (Å²) in [5.41, 5.74) is 0.844. The summed E-state index contributed by atoms with van der Waals surface area (Å²) in [6, 6.07) is 10.1. The Bertz CT molecular complexity index is 1100. The number of phenols is 1. The number of allylic oxidation sites excluding steroid dienone is 1. The SMILES string of the molecule is COC(=O)C1=C(C)N(c2ccc([N+](=O)[O-])cc2)C(=O)C1=Cc1cccc(OC)c1O. The number of para-hydroxylation sites is 1. The number of rotatable bonds is 5. The molecule has 3 rings (SSSR count). The van der Waals surface area contributed by atoms with E-state index in [-0.39, 0.29) is 33.9 Å². The van der Waals surface area contributed by atoms with Crippen LogP contribution in [0.3, 0.4) is 0 Å². The summed E-state index contributed by atoms with van der Waals surface area (Å²) < 4.78 is 9.92. The van der Waals surface area contributed by atoms with E-state index >= 15 is 0 Å². The number of anilines is 1. The van der Waals surface area contributed by atoms with Crippen molar-refractivity contribution < 1.29 is 29.1 Å². The molecule has 154 valence electrons. The largest absolute Gasteiger partial charge is 0.504 e. The lowest BCUT2D eigenvalue weighted by atomic mass is 10.0. The van der Waals surface area contributed by atoms with Gasteiger partial charge < -0.3 is 14.6 Å². The number of non-ortho nitro benzene ring substituents is 1. The quantitative estimate of drug-likeness (QED) is 0.348. The van der Waals surface area contributed by atoms with Crippen molar-refractivity contribution in [3.8, 4) is 11.5 Å². The van der Waals surface area contributed by atoms with Crippen LogP contribution in [-0.2, 0) is 14.3 Å². The number of hydrogen-bond donors (Lipinski definition) is 1. The molecule has 2 aromatic rings. The maximum absolute atomic E-state index is 13.2. The van der Waals surface area contributed by atoms with Crippen LogP contribution in [0.5, 0.6) is 11.5 Å². The standard InChI is InChI=1S/C21H18N2O7/c1-12-18(21(26)30-3)16(11-13-5-4-6-17(29-2)19(13)24)20(25)22(12)14-7-9-15(10-8-14)23(27)28/h4-11,24H,1-3H3. The first kappa shape index (κ1) is 20.6. The first-order valence-electron chi connectivity index (χ1n) is 8.76. The third-order valence-corrected chi connectivity index (χ3v) is 4.66. The highest BCUT2D eigenvalue weighted by atomic mass is 16.6. The Balaban J connectivity index is 2.14. The Hall–Kier alpha value is -4.14. The summed E-state index contributed by atoms with van der Waals surface area (Å²) in [5.74, 6) is -1.24. The molecule has 1 N–H and O–H groups in total. The van der Waals surface area contributed by atoms with Crippen LogP contribution < -0.4 is 9.64 Å². The Labute approximate surface area is 171 Å². The Morgan fingerprint density at radius 3 is 2.40 bits per heavy atom. The number of carbonyl (C=O) groups excluding carboxylic acids is 2. The molecule has 0 bridgehead atoms. The number of amides is 1. The van der Waals surface area contributed by atoms with Gasteiger partial charge >= 0.3 is 5.97 Å². The number of benzene rings is 2. The van der Waals surface area contributed by atoms with Crippen LogP contribution in [0.15, 0.2) is 59.3 Å². The molecule has 1 aliphatic rings. The normalized spacial score (nSPS) is 15.0. The van der Waals surface area contributed by atoms with Gasteiger partial charge in [0.1, 0.15) is 0 Å².